The number of hydrogen-bond donors (Lipinski definition) is 1. The average molecular weight is 585 g/mol. The zero-order chi connectivity index (χ0) is 30.8. The molecule has 1 aliphatic rings. The molecule has 8 heteroatoms. The lowest BCUT2D eigenvalue weighted by Crippen LogP contribution is -2.42. The van der Waals surface area contributed by atoms with Gasteiger partial charge in [0.1, 0.15) is 18.0 Å². The van der Waals surface area contributed by atoms with Gasteiger partial charge in [0.05, 0.1) is 12.3 Å². The molecule has 0 aliphatic carbocycles. The van der Waals surface area contributed by atoms with Gasteiger partial charge in [-0.3, -0.25) is 4.79 Å². The maximum atomic E-state index is 13.1. The number of fused-ring (bicyclic) bond motifs is 1. The molecular weight excluding hydrogens is 540 g/mol. The standard InChI is InChI=1S/C35H44N4O4/c1-5-6-7-11-18-39(29-13-9-8-10-14-29)32(40)15-12-19-42-30-16-17-31-28(22-30)23-38(35(36)37-31)24-33(41)43-34-26(3)20-25(2)21-27(34)4/h8-10,13-14,16-17,20-22H,5-7,11-12,15,18-19,23-24H2,1-4H3,(H2,36,37). The Morgan fingerprint density at radius 3 is 2.42 bits per heavy atom. The van der Waals surface area contributed by atoms with Crippen LogP contribution in [0.2, 0.25) is 0 Å². The number of ether oxygens (including phenoxy) is 2. The lowest BCUT2D eigenvalue weighted by molar-refractivity contribution is -0.135. The van der Waals surface area contributed by atoms with Crippen molar-refractivity contribution in [3.63, 3.8) is 0 Å². The molecule has 0 aromatic heterocycles. The molecule has 0 bridgehead atoms. The van der Waals surface area contributed by atoms with Crippen molar-refractivity contribution >= 4 is 29.2 Å². The van der Waals surface area contributed by atoms with Crippen LogP contribution in [-0.2, 0) is 16.1 Å². The van der Waals surface area contributed by atoms with E-state index < -0.39 is 5.97 Å². The number of nitrogens with zero attached hydrogens (tertiary/aromatic N) is 3. The minimum Gasteiger partial charge on any atom is -0.494 e. The second-order valence-electron chi connectivity index (χ2n) is 11.2. The number of para-hydroxylation sites is 1. The third-order valence-corrected chi connectivity index (χ3v) is 7.52. The van der Waals surface area contributed by atoms with Crippen molar-refractivity contribution in [2.24, 2.45) is 10.7 Å². The number of guanidine groups is 1. The van der Waals surface area contributed by atoms with Crippen LogP contribution in [0.25, 0.3) is 0 Å². The van der Waals surface area contributed by atoms with Crippen molar-refractivity contribution in [2.45, 2.75) is 72.8 Å². The van der Waals surface area contributed by atoms with E-state index in [9.17, 15) is 9.59 Å². The highest BCUT2D eigenvalue weighted by Crippen LogP contribution is 2.30. The first-order valence-corrected chi connectivity index (χ1v) is 15.2. The second kappa shape index (κ2) is 15.2. The summed E-state index contributed by atoms with van der Waals surface area (Å²) in [5.74, 6) is 1.26. The van der Waals surface area contributed by atoms with Gasteiger partial charge >= 0.3 is 5.97 Å². The minimum atomic E-state index is -0.399. The van der Waals surface area contributed by atoms with E-state index in [4.69, 9.17) is 15.2 Å². The highest BCUT2D eigenvalue weighted by molar-refractivity contribution is 5.93. The Morgan fingerprint density at radius 1 is 0.953 bits per heavy atom. The maximum absolute atomic E-state index is 13.1. The van der Waals surface area contributed by atoms with Crippen molar-refractivity contribution in [1.82, 2.24) is 4.90 Å². The monoisotopic (exact) mass is 584 g/mol. The molecule has 0 saturated heterocycles. The summed E-state index contributed by atoms with van der Waals surface area (Å²) < 4.78 is 11.7. The number of amides is 1. The van der Waals surface area contributed by atoms with Gasteiger partial charge < -0.3 is 25.0 Å². The van der Waals surface area contributed by atoms with E-state index in [1.165, 1.54) is 6.42 Å². The molecule has 43 heavy (non-hydrogen) atoms. The number of esters is 1. The van der Waals surface area contributed by atoms with Crippen LogP contribution in [0.4, 0.5) is 11.4 Å². The highest BCUT2D eigenvalue weighted by atomic mass is 16.5. The van der Waals surface area contributed by atoms with E-state index >= 15 is 0 Å². The van der Waals surface area contributed by atoms with E-state index in [2.05, 4.69) is 11.9 Å². The number of benzene rings is 3. The van der Waals surface area contributed by atoms with Crippen LogP contribution in [-0.4, -0.2) is 42.4 Å². The summed E-state index contributed by atoms with van der Waals surface area (Å²) in [4.78, 5) is 34.0. The molecule has 3 aromatic rings. The predicted octanol–water partition coefficient (Wildman–Crippen LogP) is 6.75. The average Bonchev–Trinajstić information content (AvgIpc) is 2.98. The van der Waals surface area contributed by atoms with Crippen LogP contribution in [0.15, 0.2) is 65.7 Å². The number of nitrogens with two attached hydrogens (primary N) is 1. The first-order valence-electron chi connectivity index (χ1n) is 15.2. The normalized spacial score (nSPS) is 12.4. The summed E-state index contributed by atoms with van der Waals surface area (Å²) in [6, 6.07) is 19.5. The fourth-order valence-corrected chi connectivity index (χ4v) is 5.39. The molecule has 0 radical (unpaired) electrons. The van der Waals surface area contributed by atoms with Crippen molar-refractivity contribution in [1.29, 1.82) is 0 Å². The van der Waals surface area contributed by atoms with Crippen LogP contribution in [0.5, 0.6) is 11.5 Å². The lowest BCUT2D eigenvalue weighted by Gasteiger charge is -2.27. The molecule has 1 heterocycles. The van der Waals surface area contributed by atoms with Gasteiger partial charge in [0, 0.05) is 30.8 Å². The molecule has 0 saturated carbocycles. The maximum Gasteiger partial charge on any atom is 0.331 e. The number of unbranched alkanes of at least 4 members (excludes halogenated alkanes) is 3. The summed E-state index contributed by atoms with van der Waals surface area (Å²) in [6.07, 6.45) is 5.47. The largest absolute Gasteiger partial charge is 0.494 e. The molecule has 3 aromatic carbocycles. The molecule has 4 rings (SSSR count). The number of carbonyl (C=O) groups excluding carboxylic acids is 2. The summed E-state index contributed by atoms with van der Waals surface area (Å²) >= 11 is 0. The number of carbonyl (C=O) groups is 2. The van der Waals surface area contributed by atoms with Gasteiger partial charge in [-0.15, -0.1) is 0 Å². The Balaban J connectivity index is 1.30. The Labute approximate surface area is 255 Å². The zero-order valence-corrected chi connectivity index (χ0v) is 25.9. The number of aliphatic imine (C=N–C) groups is 1. The van der Waals surface area contributed by atoms with E-state index in [0.29, 0.717) is 37.5 Å². The van der Waals surface area contributed by atoms with Gasteiger partial charge in [0.15, 0.2) is 5.96 Å². The van der Waals surface area contributed by atoms with Gasteiger partial charge in [-0.2, -0.15) is 0 Å². The Morgan fingerprint density at radius 2 is 1.70 bits per heavy atom. The van der Waals surface area contributed by atoms with E-state index in [1.54, 1.807) is 4.90 Å². The fraction of sp³-hybridized carbons (Fsp3) is 0.400. The minimum absolute atomic E-state index is 0.0227. The Kier molecular flexibility index (Phi) is 11.2. The summed E-state index contributed by atoms with van der Waals surface area (Å²) in [7, 11) is 0. The Hall–Kier alpha value is -4.33. The van der Waals surface area contributed by atoms with Crippen LogP contribution >= 0.6 is 0 Å². The summed E-state index contributed by atoms with van der Waals surface area (Å²) in [5, 5.41) is 0. The SMILES string of the molecule is CCCCCCN(C(=O)CCCOc1ccc2c(c1)CN(CC(=O)Oc1c(C)cc(C)cc1C)C(N)=N2)c1ccccc1. The molecule has 0 atom stereocenters. The highest BCUT2D eigenvalue weighted by Gasteiger charge is 2.22. The topological polar surface area (TPSA) is 97.5 Å². The number of hydrogen-bond acceptors (Lipinski definition) is 7. The quantitative estimate of drug-likeness (QED) is 0.128. The van der Waals surface area contributed by atoms with Gasteiger partial charge in [-0.1, -0.05) is 62.1 Å². The lowest BCUT2D eigenvalue weighted by atomic mass is 10.1. The molecule has 228 valence electrons. The van der Waals surface area contributed by atoms with Crippen LogP contribution in [0.3, 0.4) is 0 Å². The molecule has 8 nitrogen and oxygen atoms in total. The molecule has 2 N–H and O–H groups in total. The molecule has 0 fully saturated rings. The van der Waals surface area contributed by atoms with Crippen LogP contribution in [0.1, 0.15) is 67.7 Å². The number of anilines is 1. The number of aryl methyl sites for hydroxylation is 3. The van der Waals surface area contributed by atoms with Crippen LogP contribution in [0, 0.1) is 20.8 Å². The van der Waals surface area contributed by atoms with Gasteiger partial charge in [-0.05, 0) is 75.1 Å². The molecule has 1 aliphatic heterocycles. The third kappa shape index (κ3) is 8.83. The van der Waals surface area contributed by atoms with Crippen molar-refractivity contribution in [3.05, 3.63) is 82.9 Å². The summed E-state index contributed by atoms with van der Waals surface area (Å²) in [5.41, 5.74) is 11.7. The van der Waals surface area contributed by atoms with E-state index in [-0.39, 0.29) is 18.4 Å². The third-order valence-electron chi connectivity index (χ3n) is 7.52. The molecule has 0 unspecified atom stereocenters. The van der Waals surface area contributed by atoms with Gasteiger partial charge in [-0.25, -0.2) is 9.79 Å². The van der Waals surface area contributed by atoms with E-state index in [1.807, 2.05) is 86.3 Å². The zero-order valence-electron chi connectivity index (χ0n) is 25.9. The molecular formula is C35H44N4O4. The fourth-order valence-electron chi connectivity index (χ4n) is 5.39. The smallest absolute Gasteiger partial charge is 0.331 e. The molecule has 0 spiro atoms. The molecule has 1 amide bonds. The van der Waals surface area contributed by atoms with Gasteiger partial charge in [0.2, 0.25) is 5.91 Å². The van der Waals surface area contributed by atoms with Crippen molar-refractivity contribution in [3.8, 4) is 11.5 Å². The first-order chi connectivity index (χ1) is 20.7. The number of rotatable bonds is 14. The second-order valence-corrected chi connectivity index (χ2v) is 11.2. The van der Waals surface area contributed by atoms with E-state index in [0.717, 1.165) is 59.4 Å². The van der Waals surface area contributed by atoms with Gasteiger partial charge in [0.25, 0.3) is 0 Å². The van der Waals surface area contributed by atoms with Crippen LogP contribution < -0.4 is 20.1 Å². The summed E-state index contributed by atoms with van der Waals surface area (Å²) in [6.45, 7) is 9.60. The predicted molar refractivity (Wildman–Crippen MR) is 172 cm³/mol. The first kappa shape index (κ1) is 31.6. The van der Waals surface area contributed by atoms with Crippen molar-refractivity contribution < 1.29 is 19.1 Å². The Bertz CT molecular complexity index is 1410. The van der Waals surface area contributed by atoms with Crippen molar-refractivity contribution in [2.75, 3.05) is 24.6 Å².